The van der Waals surface area contributed by atoms with Crippen molar-refractivity contribution in [1.29, 1.82) is 0 Å². The fourth-order valence-corrected chi connectivity index (χ4v) is 7.76. The number of carboxylic acid groups (broad SMARTS) is 1. The number of hydrogen-bond donors (Lipinski definition) is 2. The molecule has 3 aliphatic rings. The minimum Gasteiger partial charge on any atom is -0.494 e. The molecule has 13 heteroatoms. The van der Waals surface area contributed by atoms with Gasteiger partial charge in [-0.15, -0.1) is 0 Å². The number of benzene rings is 1. The second-order valence-electron chi connectivity index (χ2n) is 13.7. The van der Waals surface area contributed by atoms with Crippen molar-refractivity contribution in [2.45, 2.75) is 64.0 Å². The topological polar surface area (TPSA) is 131 Å². The van der Waals surface area contributed by atoms with Crippen LogP contribution in [-0.4, -0.2) is 100 Å². The van der Waals surface area contributed by atoms with Gasteiger partial charge in [-0.1, -0.05) is 0 Å². The molecule has 0 bridgehead atoms. The van der Waals surface area contributed by atoms with Gasteiger partial charge in [-0.2, -0.15) is 5.10 Å². The lowest BCUT2D eigenvalue weighted by Crippen LogP contribution is -2.49. The number of aromatic nitrogens is 3. The predicted molar refractivity (Wildman–Crippen MR) is 181 cm³/mol. The van der Waals surface area contributed by atoms with E-state index in [1.807, 2.05) is 17.9 Å². The monoisotopic (exact) mass is 674 g/mol. The van der Waals surface area contributed by atoms with Crippen LogP contribution < -0.4 is 10.1 Å². The highest BCUT2D eigenvalue weighted by molar-refractivity contribution is 5.96. The summed E-state index contributed by atoms with van der Waals surface area (Å²) >= 11 is 0. The molecule has 3 amide bonds. The van der Waals surface area contributed by atoms with Crippen molar-refractivity contribution in [2.24, 2.45) is 5.92 Å². The Bertz CT molecular complexity index is 1920. The third-order valence-electron chi connectivity index (χ3n) is 10.4. The van der Waals surface area contributed by atoms with Gasteiger partial charge in [0.05, 0.1) is 23.9 Å². The van der Waals surface area contributed by atoms with Crippen molar-refractivity contribution in [3.63, 3.8) is 0 Å². The average molecular weight is 675 g/mol. The molecule has 260 valence electrons. The van der Waals surface area contributed by atoms with Gasteiger partial charge in [-0.25, -0.2) is 13.7 Å². The molecule has 12 nitrogen and oxygen atoms in total. The molecule has 3 aromatic heterocycles. The molecule has 5 heterocycles. The summed E-state index contributed by atoms with van der Waals surface area (Å²) in [6.07, 6.45) is 5.73. The van der Waals surface area contributed by atoms with Crippen LogP contribution in [0.4, 0.5) is 9.18 Å². The van der Waals surface area contributed by atoms with E-state index in [9.17, 15) is 19.5 Å². The quantitative estimate of drug-likeness (QED) is 0.254. The summed E-state index contributed by atoms with van der Waals surface area (Å²) in [6.45, 7) is 4.85. The summed E-state index contributed by atoms with van der Waals surface area (Å²) in [4.78, 5) is 40.9. The number of carbonyl (C=O) groups is 3. The van der Waals surface area contributed by atoms with Crippen LogP contribution in [-0.2, 0) is 16.1 Å². The number of aryl methyl sites for hydroxylation is 1. The number of nitrogens with one attached hydrogen (secondary N) is 1. The van der Waals surface area contributed by atoms with Crippen molar-refractivity contribution in [1.82, 2.24) is 29.3 Å². The Morgan fingerprint density at radius 1 is 1.00 bits per heavy atom. The molecule has 1 aromatic carbocycles. The second kappa shape index (κ2) is 13.3. The molecule has 0 radical (unpaired) electrons. The first-order valence-electron chi connectivity index (χ1n) is 17.1. The van der Waals surface area contributed by atoms with Crippen molar-refractivity contribution in [3.05, 3.63) is 53.0 Å². The minimum atomic E-state index is -1.10. The molecule has 0 spiro atoms. The number of carbonyl (C=O) groups excluding carboxylic acids is 2. The highest BCUT2D eigenvalue weighted by Crippen LogP contribution is 2.42. The maximum absolute atomic E-state index is 15.3. The number of likely N-dealkylation sites (tertiary alicyclic amines) is 2. The van der Waals surface area contributed by atoms with Crippen molar-refractivity contribution in [3.8, 4) is 17.1 Å². The summed E-state index contributed by atoms with van der Waals surface area (Å²) in [7, 11) is 3.09. The van der Waals surface area contributed by atoms with Crippen molar-refractivity contribution < 1.29 is 33.4 Å². The van der Waals surface area contributed by atoms with Gasteiger partial charge in [0, 0.05) is 63.0 Å². The number of methoxy groups -OCH3 is 2. The highest BCUT2D eigenvalue weighted by atomic mass is 19.1. The van der Waals surface area contributed by atoms with Crippen LogP contribution in [0.3, 0.4) is 0 Å². The smallest absolute Gasteiger partial charge is 0.404 e. The highest BCUT2D eigenvalue weighted by Gasteiger charge is 2.32. The number of pyridine rings is 1. The van der Waals surface area contributed by atoms with E-state index in [-0.39, 0.29) is 42.7 Å². The number of piperidine rings is 2. The van der Waals surface area contributed by atoms with E-state index in [1.54, 1.807) is 40.9 Å². The molecular weight excluding hydrogens is 631 g/mol. The number of amides is 3. The van der Waals surface area contributed by atoms with Crippen LogP contribution >= 0.6 is 0 Å². The van der Waals surface area contributed by atoms with Gasteiger partial charge in [-0.3, -0.25) is 9.59 Å². The Morgan fingerprint density at radius 2 is 1.78 bits per heavy atom. The third kappa shape index (κ3) is 6.43. The molecule has 7 rings (SSSR count). The standard InChI is InChI=1S/C36H43FN6O6/c1-21-32(39-43-18-25(15-30(49-3)33(21)43)35(45)41-10-4-5-27(19-41)38-36(46)47)29-14-24-13-26(37)16-28(34(24)42(29)17-22-6-7-22)23-8-11-40(12-9-23)31(44)20-48-2/h13-16,18,22-23,27,38H,4-12,17,19-20H2,1-3H3,(H,46,47). The molecule has 4 aromatic rings. The largest absolute Gasteiger partial charge is 0.494 e. The first-order chi connectivity index (χ1) is 23.6. The predicted octanol–water partition coefficient (Wildman–Crippen LogP) is 5.05. The van der Waals surface area contributed by atoms with Crippen molar-refractivity contribution in [2.75, 3.05) is 47.0 Å². The van der Waals surface area contributed by atoms with Gasteiger partial charge in [-0.05, 0) is 87.1 Å². The number of rotatable bonds is 9. The van der Waals surface area contributed by atoms with E-state index >= 15 is 4.39 Å². The maximum atomic E-state index is 15.3. The normalized spacial score (nSPS) is 18.7. The molecule has 2 aliphatic heterocycles. The summed E-state index contributed by atoms with van der Waals surface area (Å²) in [6, 6.07) is 6.69. The minimum absolute atomic E-state index is 0.0253. The van der Waals surface area contributed by atoms with Crippen LogP contribution in [0.25, 0.3) is 27.8 Å². The van der Waals surface area contributed by atoms with E-state index in [4.69, 9.17) is 14.6 Å². The van der Waals surface area contributed by atoms with Gasteiger partial charge in [0.2, 0.25) is 5.91 Å². The van der Waals surface area contributed by atoms with Crippen LogP contribution in [0, 0.1) is 18.7 Å². The number of hydrogen-bond acceptors (Lipinski definition) is 6. The zero-order valence-corrected chi connectivity index (χ0v) is 28.2. The SMILES string of the molecule is COCC(=O)N1CCC(c2cc(F)cc3cc(-c4nn5cc(C(=O)N6CCCC(NC(=O)O)C6)cc(OC)c5c4C)n(CC4CC4)c23)CC1. The van der Waals surface area contributed by atoms with Crippen LogP contribution in [0.5, 0.6) is 5.75 Å². The molecule has 1 aliphatic carbocycles. The van der Waals surface area contributed by atoms with Gasteiger partial charge < -0.3 is 34.3 Å². The molecule has 1 saturated carbocycles. The van der Waals surface area contributed by atoms with Gasteiger partial charge >= 0.3 is 6.09 Å². The van der Waals surface area contributed by atoms with E-state index in [0.29, 0.717) is 49.7 Å². The molecule has 1 atom stereocenters. The van der Waals surface area contributed by atoms with Crippen LogP contribution in [0.15, 0.2) is 30.5 Å². The molecule has 2 saturated heterocycles. The lowest BCUT2D eigenvalue weighted by atomic mass is 9.88. The zero-order valence-electron chi connectivity index (χ0n) is 28.2. The average Bonchev–Trinajstić information content (AvgIpc) is 3.76. The maximum Gasteiger partial charge on any atom is 0.404 e. The number of ether oxygens (including phenoxy) is 2. The fourth-order valence-electron chi connectivity index (χ4n) is 7.76. The first-order valence-corrected chi connectivity index (χ1v) is 17.1. The Balaban J connectivity index is 1.27. The number of halogens is 1. The third-order valence-corrected chi connectivity index (χ3v) is 10.4. The number of nitrogens with zero attached hydrogens (tertiary/aromatic N) is 5. The molecule has 2 N–H and O–H groups in total. The lowest BCUT2D eigenvalue weighted by molar-refractivity contribution is -0.136. The summed E-state index contributed by atoms with van der Waals surface area (Å²) < 4.78 is 30.2. The van der Waals surface area contributed by atoms with E-state index in [0.717, 1.165) is 71.2 Å². The first kappa shape index (κ1) is 32.9. The summed E-state index contributed by atoms with van der Waals surface area (Å²) in [5.41, 5.74) is 5.61. The molecule has 3 fully saturated rings. The van der Waals surface area contributed by atoms with E-state index in [2.05, 4.69) is 9.88 Å². The van der Waals surface area contributed by atoms with Crippen LogP contribution in [0.2, 0.25) is 0 Å². The number of fused-ring (bicyclic) bond motifs is 2. The van der Waals surface area contributed by atoms with E-state index in [1.165, 1.54) is 7.11 Å². The fraction of sp³-hybridized carbons (Fsp3) is 0.500. The molecule has 1 unspecified atom stereocenters. The second-order valence-corrected chi connectivity index (χ2v) is 13.7. The lowest BCUT2D eigenvalue weighted by Gasteiger charge is -2.32. The Hall–Kier alpha value is -4.65. The summed E-state index contributed by atoms with van der Waals surface area (Å²) in [5.74, 6) is 0.603. The van der Waals surface area contributed by atoms with E-state index < -0.39 is 6.09 Å². The Morgan fingerprint density at radius 3 is 2.47 bits per heavy atom. The van der Waals surface area contributed by atoms with Gasteiger partial charge in [0.1, 0.15) is 29.4 Å². The zero-order chi connectivity index (χ0) is 34.4. The molecular formula is C36H43FN6O6. The summed E-state index contributed by atoms with van der Waals surface area (Å²) in [5, 5.41) is 17.6. The van der Waals surface area contributed by atoms with Gasteiger partial charge in [0.15, 0.2) is 0 Å². The van der Waals surface area contributed by atoms with Gasteiger partial charge in [0.25, 0.3) is 5.91 Å². The Kier molecular flexibility index (Phi) is 8.95. The van der Waals surface area contributed by atoms with Crippen molar-refractivity contribution >= 4 is 34.3 Å². The van der Waals surface area contributed by atoms with Crippen LogP contribution in [0.1, 0.15) is 65.9 Å². The Labute approximate surface area is 283 Å². The molecule has 49 heavy (non-hydrogen) atoms.